The second kappa shape index (κ2) is 6.80. The Morgan fingerprint density at radius 2 is 1.62 bits per heavy atom. The third kappa shape index (κ3) is 3.19. The molecule has 2 heterocycles. The van der Waals surface area contributed by atoms with Crippen LogP contribution < -0.4 is 5.56 Å². The van der Waals surface area contributed by atoms with Crippen LogP contribution in [0.5, 0.6) is 0 Å². The largest absolute Gasteiger partial charge is 0.293 e. The van der Waals surface area contributed by atoms with Gasteiger partial charge >= 0.3 is 0 Å². The van der Waals surface area contributed by atoms with Crippen LogP contribution in [0.2, 0.25) is 0 Å². The Morgan fingerprint density at radius 3 is 2.31 bits per heavy atom. The van der Waals surface area contributed by atoms with E-state index in [1.165, 1.54) is 0 Å². The van der Waals surface area contributed by atoms with Crippen molar-refractivity contribution in [3.05, 3.63) is 101 Å². The molecule has 0 aliphatic rings. The number of benzene rings is 2. The van der Waals surface area contributed by atoms with Crippen LogP contribution >= 0.6 is 0 Å². The molecule has 5 nitrogen and oxygen atoms in total. The zero-order valence-corrected chi connectivity index (χ0v) is 14.4. The van der Waals surface area contributed by atoms with Gasteiger partial charge in [-0.25, -0.2) is 9.67 Å². The van der Waals surface area contributed by atoms with Gasteiger partial charge in [-0.15, -0.1) is 0 Å². The molecule has 0 bridgehead atoms. The van der Waals surface area contributed by atoms with Crippen LogP contribution in [0.3, 0.4) is 0 Å². The molecule has 0 amide bonds. The van der Waals surface area contributed by atoms with E-state index in [2.05, 4.69) is 10.1 Å². The first-order chi connectivity index (χ1) is 12.7. The lowest BCUT2D eigenvalue weighted by Gasteiger charge is -2.05. The quantitative estimate of drug-likeness (QED) is 0.571. The Morgan fingerprint density at radius 1 is 0.923 bits per heavy atom. The fourth-order valence-corrected chi connectivity index (χ4v) is 2.93. The van der Waals surface area contributed by atoms with Crippen molar-refractivity contribution >= 4 is 0 Å². The van der Waals surface area contributed by atoms with E-state index in [9.17, 15) is 4.79 Å². The smallest absolute Gasteiger partial charge is 0.254 e. The number of aryl methyl sites for hydroxylation is 1. The summed E-state index contributed by atoms with van der Waals surface area (Å²) in [6, 6.07) is 23.2. The van der Waals surface area contributed by atoms with E-state index < -0.39 is 0 Å². The van der Waals surface area contributed by atoms with Gasteiger partial charge in [0, 0.05) is 17.3 Å². The van der Waals surface area contributed by atoms with Gasteiger partial charge in [0.25, 0.3) is 5.56 Å². The van der Waals surface area contributed by atoms with Crippen molar-refractivity contribution in [2.75, 3.05) is 0 Å². The minimum Gasteiger partial charge on any atom is -0.293 e. The molecule has 128 valence electrons. The molecule has 5 heteroatoms. The van der Waals surface area contributed by atoms with Crippen LogP contribution in [0.1, 0.15) is 11.4 Å². The molecule has 0 atom stereocenters. The van der Waals surface area contributed by atoms with Gasteiger partial charge in [0.1, 0.15) is 0 Å². The first-order valence-electron chi connectivity index (χ1n) is 8.43. The average Bonchev–Trinajstić information content (AvgIpc) is 3.05. The predicted octanol–water partition coefficient (Wildman–Crippen LogP) is 3.45. The summed E-state index contributed by atoms with van der Waals surface area (Å²) in [6.45, 7) is 2.39. The normalized spacial score (nSPS) is 10.8. The molecule has 0 fully saturated rings. The number of hydrogen-bond acceptors (Lipinski definition) is 3. The Bertz CT molecular complexity index is 1080. The van der Waals surface area contributed by atoms with Crippen molar-refractivity contribution in [2.24, 2.45) is 0 Å². The highest BCUT2D eigenvalue weighted by Gasteiger charge is 2.08. The first kappa shape index (κ1) is 16.0. The zero-order chi connectivity index (χ0) is 17.9. The van der Waals surface area contributed by atoms with E-state index in [-0.39, 0.29) is 5.56 Å². The number of para-hydroxylation sites is 1. The van der Waals surface area contributed by atoms with Gasteiger partial charge < -0.3 is 0 Å². The molecule has 0 aliphatic carbocycles. The summed E-state index contributed by atoms with van der Waals surface area (Å²) in [5, 5.41) is 4.63. The fraction of sp³-hybridized carbons (Fsp3) is 0.0952. The summed E-state index contributed by atoms with van der Waals surface area (Å²) in [6.07, 6.45) is 1.58. The average molecular weight is 342 g/mol. The van der Waals surface area contributed by atoms with Crippen molar-refractivity contribution in [1.82, 2.24) is 19.3 Å². The molecule has 2 aromatic heterocycles. The number of rotatable bonds is 4. The second-order valence-corrected chi connectivity index (χ2v) is 6.13. The van der Waals surface area contributed by atoms with Gasteiger partial charge in [-0.05, 0) is 25.1 Å². The standard InChI is InChI=1S/C21H18N4O/c1-16-12-18(23-25(16)19-10-6-3-7-11-19)14-24-15-22-20(13-21(24)26)17-8-4-2-5-9-17/h2-13,15H,14H2,1H3. The lowest BCUT2D eigenvalue weighted by molar-refractivity contribution is 0.702. The van der Waals surface area contributed by atoms with Gasteiger partial charge in [0.2, 0.25) is 0 Å². The van der Waals surface area contributed by atoms with Crippen LogP contribution in [0.25, 0.3) is 16.9 Å². The maximum Gasteiger partial charge on any atom is 0.254 e. The van der Waals surface area contributed by atoms with E-state index in [1.807, 2.05) is 78.3 Å². The molecule has 26 heavy (non-hydrogen) atoms. The summed E-state index contributed by atoms with van der Waals surface area (Å²) < 4.78 is 3.45. The van der Waals surface area contributed by atoms with Gasteiger partial charge in [-0.2, -0.15) is 5.10 Å². The Hall–Kier alpha value is -3.47. The van der Waals surface area contributed by atoms with Crippen molar-refractivity contribution in [1.29, 1.82) is 0 Å². The minimum atomic E-state index is -0.0919. The van der Waals surface area contributed by atoms with Crippen LogP contribution in [0.4, 0.5) is 0 Å². The molecule has 4 rings (SSSR count). The van der Waals surface area contributed by atoms with Gasteiger partial charge in [-0.1, -0.05) is 48.5 Å². The van der Waals surface area contributed by atoms with Crippen LogP contribution in [-0.2, 0) is 6.54 Å². The molecule has 4 aromatic rings. The lowest BCUT2D eigenvalue weighted by Crippen LogP contribution is -2.20. The summed E-state index contributed by atoms with van der Waals surface area (Å²) in [7, 11) is 0. The highest BCUT2D eigenvalue weighted by atomic mass is 16.1. The molecule has 0 saturated heterocycles. The Labute approximate surface area is 151 Å². The number of hydrogen-bond donors (Lipinski definition) is 0. The van der Waals surface area contributed by atoms with Crippen LogP contribution in [0, 0.1) is 6.92 Å². The first-order valence-corrected chi connectivity index (χ1v) is 8.43. The Kier molecular flexibility index (Phi) is 4.19. The molecule has 0 N–H and O–H groups in total. The number of aromatic nitrogens is 4. The maximum atomic E-state index is 12.5. The van der Waals surface area contributed by atoms with Crippen molar-refractivity contribution in [3.63, 3.8) is 0 Å². The highest BCUT2D eigenvalue weighted by molar-refractivity contribution is 5.57. The monoisotopic (exact) mass is 342 g/mol. The molecule has 0 unspecified atom stereocenters. The van der Waals surface area contributed by atoms with E-state index in [4.69, 9.17) is 0 Å². The summed E-state index contributed by atoms with van der Waals surface area (Å²) in [5.74, 6) is 0. The molecular weight excluding hydrogens is 324 g/mol. The van der Waals surface area contributed by atoms with E-state index in [0.29, 0.717) is 12.2 Å². The van der Waals surface area contributed by atoms with Crippen LogP contribution in [0.15, 0.2) is 83.9 Å². The van der Waals surface area contributed by atoms with Crippen LogP contribution in [-0.4, -0.2) is 19.3 Å². The van der Waals surface area contributed by atoms with Gasteiger partial charge in [0.05, 0.1) is 29.9 Å². The topological polar surface area (TPSA) is 52.7 Å². The molecule has 0 spiro atoms. The summed E-state index contributed by atoms with van der Waals surface area (Å²) in [4.78, 5) is 16.9. The van der Waals surface area contributed by atoms with Gasteiger partial charge in [-0.3, -0.25) is 9.36 Å². The fourth-order valence-electron chi connectivity index (χ4n) is 2.93. The highest BCUT2D eigenvalue weighted by Crippen LogP contribution is 2.14. The van der Waals surface area contributed by atoms with Crippen molar-refractivity contribution in [3.8, 4) is 16.9 Å². The van der Waals surface area contributed by atoms with E-state index in [1.54, 1.807) is 17.0 Å². The third-order valence-corrected chi connectivity index (χ3v) is 4.22. The van der Waals surface area contributed by atoms with E-state index >= 15 is 0 Å². The molecule has 0 radical (unpaired) electrons. The molecule has 0 aliphatic heterocycles. The lowest BCUT2D eigenvalue weighted by atomic mass is 10.1. The third-order valence-electron chi connectivity index (χ3n) is 4.22. The second-order valence-electron chi connectivity index (χ2n) is 6.13. The zero-order valence-electron chi connectivity index (χ0n) is 14.4. The summed E-state index contributed by atoms with van der Waals surface area (Å²) >= 11 is 0. The molecular formula is C21H18N4O. The van der Waals surface area contributed by atoms with Crippen molar-refractivity contribution in [2.45, 2.75) is 13.5 Å². The maximum absolute atomic E-state index is 12.5. The minimum absolute atomic E-state index is 0.0919. The SMILES string of the molecule is Cc1cc(Cn2cnc(-c3ccccc3)cc2=O)nn1-c1ccccc1. The number of nitrogens with zero attached hydrogens (tertiary/aromatic N) is 4. The Balaban J connectivity index is 1.61. The van der Waals surface area contributed by atoms with Crippen molar-refractivity contribution < 1.29 is 0 Å². The van der Waals surface area contributed by atoms with E-state index in [0.717, 1.165) is 22.6 Å². The van der Waals surface area contributed by atoms with Gasteiger partial charge in [0.15, 0.2) is 0 Å². The molecule has 2 aromatic carbocycles. The predicted molar refractivity (Wildman–Crippen MR) is 101 cm³/mol. The molecule has 0 saturated carbocycles. The summed E-state index contributed by atoms with van der Waals surface area (Å²) in [5.41, 5.74) is 4.36.